The number of nitrogens with one attached hydrogen (secondary N) is 2. The summed E-state index contributed by atoms with van der Waals surface area (Å²) in [6.45, 7) is 0.126. The van der Waals surface area contributed by atoms with Crippen LogP contribution in [0, 0.1) is 0 Å². The minimum Gasteiger partial charge on any atom is -0.325 e. The first kappa shape index (κ1) is 16.8. The molecule has 1 aromatic rings. The van der Waals surface area contributed by atoms with Crippen LogP contribution in [-0.4, -0.2) is 18.5 Å². The number of hydrogen-bond acceptors (Lipinski definition) is 2. The lowest BCUT2D eigenvalue weighted by Crippen LogP contribution is -2.35. The standard InChI is InChI=1S/C16H21F3N2O/c17-16(18,19)12-6-5-9-14(10-12)21-15(22)11-20-13-7-3-1-2-4-8-13/h5-6,9-10,13,20H,1-4,7-8,11H2,(H,21,22). The highest BCUT2D eigenvalue weighted by atomic mass is 19.4. The van der Waals surface area contributed by atoms with Crippen LogP contribution in [0.25, 0.3) is 0 Å². The third-order valence-electron chi connectivity index (χ3n) is 3.88. The topological polar surface area (TPSA) is 41.1 Å². The Hall–Kier alpha value is -1.56. The lowest BCUT2D eigenvalue weighted by Gasteiger charge is -2.16. The molecule has 1 fully saturated rings. The summed E-state index contributed by atoms with van der Waals surface area (Å²) in [7, 11) is 0. The van der Waals surface area contributed by atoms with Crippen molar-refractivity contribution in [2.75, 3.05) is 11.9 Å². The molecule has 1 amide bonds. The number of rotatable bonds is 4. The maximum absolute atomic E-state index is 12.6. The first-order chi connectivity index (χ1) is 10.4. The molecule has 0 atom stereocenters. The van der Waals surface area contributed by atoms with Crippen LogP contribution in [0.15, 0.2) is 24.3 Å². The van der Waals surface area contributed by atoms with Crippen LogP contribution in [0.3, 0.4) is 0 Å². The third kappa shape index (κ3) is 5.33. The number of amides is 1. The van der Waals surface area contributed by atoms with E-state index in [4.69, 9.17) is 0 Å². The Kier molecular flexibility index (Phi) is 5.83. The summed E-state index contributed by atoms with van der Waals surface area (Å²) in [5.41, 5.74) is -0.593. The molecule has 0 radical (unpaired) electrons. The van der Waals surface area contributed by atoms with Crippen LogP contribution in [0.1, 0.15) is 44.1 Å². The predicted molar refractivity (Wildman–Crippen MR) is 79.6 cm³/mol. The van der Waals surface area contributed by atoms with Gasteiger partial charge in [-0.2, -0.15) is 13.2 Å². The van der Waals surface area contributed by atoms with E-state index in [1.54, 1.807) is 0 Å². The van der Waals surface area contributed by atoms with E-state index >= 15 is 0 Å². The van der Waals surface area contributed by atoms with Crippen LogP contribution in [-0.2, 0) is 11.0 Å². The molecule has 0 aromatic heterocycles. The Morgan fingerprint density at radius 3 is 2.45 bits per heavy atom. The van der Waals surface area contributed by atoms with Crippen molar-refractivity contribution in [2.24, 2.45) is 0 Å². The minimum absolute atomic E-state index is 0.126. The molecule has 1 aromatic carbocycles. The van der Waals surface area contributed by atoms with Crippen molar-refractivity contribution < 1.29 is 18.0 Å². The van der Waals surface area contributed by atoms with Gasteiger partial charge >= 0.3 is 6.18 Å². The molecule has 1 aliphatic rings. The average Bonchev–Trinajstić information content (AvgIpc) is 2.73. The highest BCUT2D eigenvalue weighted by Gasteiger charge is 2.30. The van der Waals surface area contributed by atoms with Crippen molar-refractivity contribution in [3.05, 3.63) is 29.8 Å². The van der Waals surface area contributed by atoms with E-state index in [2.05, 4.69) is 10.6 Å². The van der Waals surface area contributed by atoms with Gasteiger partial charge in [0.15, 0.2) is 0 Å². The second-order valence-electron chi connectivity index (χ2n) is 5.70. The highest BCUT2D eigenvalue weighted by molar-refractivity contribution is 5.92. The molecular formula is C16H21F3N2O. The maximum Gasteiger partial charge on any atom is 0.416 e. The molecule has 0 aliphatic heterocycles. The van der Waals surface area contributed by atoms with Gasteiger partial charge < -0.3 is 10.6 Å². The molecule has 1 saturated carbocycles. The van der Waals surface area contributed by atoms with E-state index in [1.807, 2.05) is 0 Å². The molecule has 6 heteroatoms. The van der Waals surface area contributed by atoms with Gasteiger partial charge in [-0.3, -0.25) is 4.79 Å². The number of anilines is 1. The van der Waals surface area contributed by atoms with E-state index < -0.39 is 11.7 Å². The van der Waals surface area contributed by atoms with Crippen LogP contribution in [0.2, 0.25) is 0 Å². The van der Waals surface area contributed by atoms with Crippen molar-refractivity contribution in [2.45, 2.75) is 50.7 Å². The van der Waals surface area contributed by atoms with E-state index in [9.17, 15) is 18.0 Å². The Bertz CT molecular complexity index is 494. The molecule has 0 saturated heterocycles. The van der Waals surface area contributed by atoms with Crippen molar-refractivity contribution in [1.29, 1.82) is 0 Å². The number of hydrogen-bond donors (Lipinski definition) is 2. The predicted octanol–water partition coefficient (Wildman–Crippen LogP) is 3.96. The molecule has 0 bridgehead atoms. The summed E-state index contributed by atoms with van der Waals surface area (Å²) in [4.78, 5) is 11.8. The first-order valence-electron chi connectivity index (χ1n) is 7.65. The SMILES string of the molecule is O=C(CNC1CCCCCC1)Nc1cccc(C(F)(F)F)c1. The van der Waals surface area contributed by atoms with Crippen molar-refractivity contribution in [1.82, 2.24) is 5.32 Å². The zero-order valence-corrected chi connectivity index (χ0v) is 12.4. The Labute approximate surface area is 128 Å². The van der Waals surface area contributed by atoms with Gasteiger partial charge in [-0.05, 0) is 31.0 Å². The zero-order valence-electron chi connectivity index (χ0n) is 12.4. The van der Waals surface area contributed by atoms with E-state index in [0.29, 0.717) is 6.04 Å². The third-order valence-corrected chi connectivity index (χ3v) is 3.88. The van der Waals surface area contributed by atoms with E-state index in [-0.39, 0.29) is 18.1 Å². The molecule has 22 heavy (non-hydrogen) atoms. The zero-order chi connectivity index (χ0) is 16.0. The van der Waals surface area contributed by atoms with Gasteiger partial charge in [-0.1, -0.05) is 31.7 Å². The molecule has 1 aliphatic carbocycles. The van der Waals surface area contributed by atoms with Gasteiger partial charge in [-0.15, -0.1) is 0 Å². The summed E-state index contributed by atoms with van der Waals surface area (Å²) in [6, 6.07) is 5.01. The summed E-state index contributed by atoms with van der Waals surface area (Å²) in [5.74, 6) is -0.316. The van der Waals surface area contributed by atoms with Gasteiger partial charge in [-0.25, -0.2) is 0 Å². The van der Waals surface area contributed by atoms with Crippen LogP contribution >= 0.6 is 0 Å². The number of benzene rings is 1. The first-order valence-corrected chi connectivity index (χ1v) is 7.65. The van der Waals surface area contributed by atoms with Gasteiger partial charge in [0, 0.05) is 11.7 Å². The Balaban J connectivity index is 1.84. The second-order valence-corrected chi connectivity index (χ2v) is 5.70. The fourth-order valence-electron chi connectivity index (χ4n) is 2.70. The monoisotopic (exact) mass is 314 g/mol. The molecule has 0 heterocycles. The lowest BCUT2D eigenvalue weighted by molar-refractivity contribution is -0.137. The highest BCUT2D eigenvalue weighted by Crippen LogP contribution is 2.30. The lowest BCUT2D eigenvalue weighted by atomic mass is 10.1. The molecule has 2 rings (SSSR count). The molecule has 2 N–H and O–H groups in total. The quantitative estimate of drug-likeness (QED) is 0.826. The summed E-state index contributed by atoms with van der Waals surface area (Å²) in [5, 5.41) is 5.70. The van der Waals surface area contributed by atoms with Crippen molar-refractivity contribution in [3.63, 3.8) is 0 Å². The number of carbonyl (C=O) groups excluding carboxylic acids is 1. The van der Waals surface area contributed by atoms with Crippen LogP contribution in [0.5, 0.6) is 0 Å². The van der Waals surface area contributed by atoms with Crippen LogP contribution < -0.4 is 10.6 Å². The summed E-state index contributed by atoms with van der Waals surface area (Å²) < 4.78 is 37.8. The molecule has 122 valence electrons. The summed E-state index contributed by atoms with van der Waals surface area (Å²) in [6.07, 6.45) is 2.48. The number of carbonyl (C=O) groups is 1. The molecule has 3 nitrogen and oxygen atoms in total. The van der Waals surface area contributed by atoms with Gasteiger partial charge in [0.25, 0.3) is 0 Å². The second kappa shape index (κ2) is 7.63. The fourth-order valence-corrected chi connectivity index (χ4v) is 2.70. The smallest absolute Gasteiger partial charge is 0.325 e. The fraction of sp³-hybridized carbons (Fsp3) is 0.562. The molecule has 0 unspecified atom stereocenters. The van der Waals surface area contributed by atoms with Crippen LogP contribution in [0.4, 0.5) is 18.9 Å². The van der Waals surface area contributed by atoms with Crippen molar-refractivity contribution in [3.8, 4) is 0 Å². The molecular weight excluding hydrogens is 293 g/mol. The molecule has 0 spiro atoms. The number of halogens is 3. The average molecular weight is 314 g/mol. The van der Waals surface area contributed by atoms with Crippen molar-refractivity contribution >= 4 is 11.6 Å². The normalized spacial score (nSPS) is 17.0. The largest absolute Gasteiger partial charge is 0.416 e. The van der Waals surface area contributed by atoms with E-state index in [0.717, 1.165) is 37.8 Å². The van der Waals surface area contributed by atoms with Gasteiger partial charge in [0.1, 0.15) is 0 Å². The minimum atomic E-state index is -4.40. The Morgan fingerprint density at radius 2 is 1.82 bits per heavy atom. The maximum atomic E-state index is 12.6. The Morgan fingerprint density at radius 1 is 1.14 bits per heavy atom. The summed E-state index contributed by atoms with van der Waals surface area (Å²) >= 11 is 0. The van der Waals surface area contributed by atoms with Gasteiger partial charge in [0.2, 0.25) is 5.91 Å². The number of alkyl halides is 3. The van der Waals surface area contributed by atoms with Gasteiger partial charge in [0.05, 0.1) is 12.1 Å². The van der Waals surface area contributed by atoms with E-state index in [1.165, 1.54) is 25.0 Å².